The number of halogens is 1. The maximum absolute atomic E-state index is 13.3. The first-order valence-corrected chi connectivity index (χ1v) is 6.63. The molecule has 1 rings (SSSR count). The molecular weight excluding hydrogens is 297 g/mol. The zero-order valence-corrected chi connectivity index (χ0v) is 12.5. The van der Waals surface area contributed by atoms with E-state index in [9.17, 15) is 9.18 Å². The Morgan fingerprint density at radius 3 is 2.74 bits per heavy atom. The lowest BCUT2D eigenvalue weighted by Gasteiger charge is -2.13. The minimum absolute atomic E-state index is 0.144. The smallest absolute Gasteiger partial charge is 0.161 e. The second-order valence-electron chi connectivity index (χ2n) is 4.47. The maximum Gasteiger partial charge on any atom is 0.161 e. The molecule has 0 radical (unpaired) electrons. The zero-order chi connectivity index (χ0) is 17.2. The van der Waals surface area contributed by atoms with Crippen LogP contribution < -0.4 is 10.6 Å². The van der Waals surface area contributed by atoms with Gasteiger partial charge in [0.25, 0.3) is 0 Å². The molecule has 0 aliphatic heterocycles. The molecule has 0 heterocycles. The number of carbonyl (C=O) groups excluding carboxylic acids is 1. The van der Waals surface area contributed by atoms with Crippen LogP contribution in [-0.4, -0.2) is 24.8 Å². The topological polar surface area (TPSA) is 113 Å². The van der Waals surface area contributed by atoms with Crippen molar-refractivity contribution >= 4 is 23.9 Å². The van der Waals surface area contributed by atoms with E-state index in [0.29, 0.717) is 11.4 Å². The highest BCUT2D eigenvalue weighted by atomic mass is 19.1. The Hall–Kier alpha value is -3.27. The highest BCUT2D eigenvalue weighted by Gasteiger charge is 2.09. The Labute approximate surface area is 133 Å². The lowest BCUT2D eigenvalue weighted by molar-refractivity contribution is 0.101. The van der Waals surface area contributed by atoms with Crippen LogP contribution in [0.5, 0.6) is 0 Å². The largest absolute Gasteiger partial charge is 0.384 e. The van der Waals surface area contributed by atoms with Crippen molar-refractivity contribution in [2.45, 2.75) is 6.92 Å². The SMILES string of the molecule is CC(=O)c1cc(F)ccc1N/C(=C\C=N)CN/C=C(/C#N)C=N. The highest BCUT2D eigenvalue weighted by Crippen LogP contribution is 2.19. The summed E-state index contributed by atoms with van der Waals surface area (Å²) in [5.74, 6) is -0.798. The number of nitrogens with one attached hydrogen (secondary N) is 4. The van der Waals surface area contributed by atoms with Crippen molar-refractivity contribution in [3.63, 3.8) is 0 Å². The van der Waals surface area contributed by atoms with Gasteiger partial charge in [-0.2, -0.15) is 5.26 Å². The average Bonchev–Trinajstić information content (AvgIpc) is 2.53. The van der Waals surface area contributed by atoms with Crippen molar-refractivity contribution in [1.82, 2.24) is 5.32 Å². The summed E-state index contributed by atoms with van der Waals surface area (Å²) in [6.07, 6.45) is 4.80. The number of nitriles is 1. The molecule has 0 aliphatic carbocycles. The number of allylic oxidation sites excluding steroid dienone is 2. The van der Waals surface area contributed by atoms with Crippen molar-refractivity contribution in [3.8, 4) is 6.07 Å². The summed E-state index contributed by atoms with van der Waals surface area (Å²) in [4.78, 5) is 11.6. The van der Waals surface area contributed by atoms with E-state index in [0.717, 1.165) is 18.5 Å². The summed E-state index contributed by atoms with van der Waals surface area (Å²) >= 11 is 0. The second kappa shape index (κ2) is 8.89. The Balaban J connectivity index is 2.94. The molecule has 0 saturated heterocycles. The van der Waals surface area contributed by atoms with E-state index in [1.54, 1.807) is 0 Å². The number of hydrogen-bond acceptors (Lipinski definition) is 6. The Morgan fingerprint density at radius 1 is 1.43 bits per heavy atom. The van der Waals surface area contributed by atoms with Crippen LogP contribution in [0.25, 0.3) is 0 Å². The van der Waals surface area contributed by atoms with Crippen LogP contribution in [0.4, 0.5) is 10.1 Å². The van der Waals surface area contributed by atoms with E-state index in [1.807, 2.05) is 6.07 Å². The number of hydrogen-bond donors (Lipinski definition) is 4. The van der Waals surface area contributed by atoms with Crippen molar-refractivity contribution in [2.24, 2.45) is 0 Å². The number of carbonyl (C=O) groups is 1. The molecule has 0 saturated carbocycles. The number of Topliss-reactive ketones (excluding diaryl/α,β-unsaturated/α-hetero) is 1. The number of ketones is 1. The molecule has 6 nitrogen and oxygen atoms in total. The minimum Gasteiger partial charge on any atom is -0.384 e. The van der Waals surface area contributed by atoms with Gasteiger partial charge in [-0.3, -0.25) is 4.79 Å². The predicted molar refractivity (Wildman–Crippen MR) is 87.4 cm³/mol. The van der Waals surface area contributed by atoms with Crippen LogP contribution in [0, 0.1) is 28.0 Å². The summed E-state index contributed by atoms with van der Waals surface area (Å²) in [5.41, 5.74) is 1.30. The van der Waals surface area contributed by atoms with Crippen LogP contribution in [0.2, 0.25) is 0 Å². The van der Waals surface area contributed by atoms with E-state index < -0.39 is 5.82 Å². The third-order valence-electron chi connectivity index (χ3n) is 2.78. The lowest BCUT2D eigenvalue weighted by atomic mass is 10.1. The van der Waals surface area contributed by atoms with Crippen molar-refractivity contribution in [3.05, 3.63) is 53.1 Å². The van der Waals surface area contributed by atoms with Crippen molar-refractivity contribution < 1.29 is 9.18 Å². The molecule has 7 heteroatoms. The van der Waals surface area contributed by atoms with Gasteiger partial charge in [-0.15, -0.1) is 0 Å². The quantitative estimate of drug-likeness (QED) is 0.335. The van der Waals surface area contributed by atoms with Gasteiger partial charge in [0.15, 0.2) is 5.78 Å². The van der Waals surface area contributed by atoms with Crippen LogP contribution in [-0.2, 0) is 0 Å². The fraction of sp³-hybridized carbons (Fsp3) is 0.125. The molecule has 0 atom stereocenters. The maximum atomic E-state index is 13.3. The van der Waals surface area contributed by atoms with Crippen molar-refractivity contribution in [2.75, 3.05) is 11.9 Å². The predicted octanol–water partition coefficient (Wildman–Crippen LogP) is 2.62. The molecule has 0 fully saturated rings. The van der Waals surface area contributed by atoms with Crippen molar-refractivity contribution in [1.29, 1.82) is 16.1 Å². The van der Waals surface area contributed by atoms with Gasteiger partial charge in [0.2, 0.25) is 0 Å². The molecule has 0 spiro atoms. The minimum atomic E-state index is -0.510. The summed E-state index contributed by atoms with van der Waals surface area (Å²) in [6, 6.07) is 5.64. The second-order valence-corrected chi connectivity index (χ2v) is 4.47. The van der Waals surface area contributed by atoms with Gasteiger partial charge in [0.1, 0.15) is 11.9 Å². The molecule has 4 N–H and O–H groups in total. The first kappa shape index (κ1) is 17.8. The summed E-state index contributed by atoms with van der Waals surface area (Å²) in [5, 5.41) is 28.7. The van der Waals surface area contributed by atoms with Gasteiger partial charge in [0.05, 0.1) is 12.1 Å². The van der Waals surface area contributed by atoms with Gasteiger partial charge < -0.3 is 21.5 Å². The first-order valence-electron chi connectivity index (χ1n) is 6.63. The summed E-state index contributed by atoms with van der Waals surface area (Å²) < 4.78 is 13.3. The normalized spacial score (nSPS) is 11.3. The molecule has 0 bridgehead atoms. The molecule has 118 valence electrons. The molecule has 1 aromatic carbocycles. The molecule has 0 aliphatic rings. The third-order valence-corrected chi connectivity index (χ3v) is 2.78. The van der Waals surface area contributed by atoms with Crippen LogP contribution in [0.1, 0.15) is 17.3 Å². The highest BCUT2D eigenvalue weighted by molar-refractivity contribution is 5.99. The van der Waals surface area contributed by atoms with Gasteiger partial charge >= 0.3 is 0 Å². The van der Waals surface area contributed by atoms with Gasteiger partial charge in [-0.1, -0.05) is 0 Å². The van der Waals surface area contributed by atoms with E-state index in [1.165, 1.54) is 31.3 Å². The number of anilines is 1. The Bertz CT molecular complexity index is 716. The number of nitrogens with zero attached hydrogens (tertiary/aromatic N) is 1. The summed E-state index contributed by atoms with van der Waals surface area (Å²) in [6.45, 7) is 1.56. The van der Waals surface area contributed by atoms with Gasteiger partial charge in [0, 0.05) is 35.6 Å². The fourth-order valence-corrected chi connectivity index (χ4v) is 1.71. The van der Waals surface area contributed by atoms with E-state index in [2.05, 4.69) is 10.6 Å². The molecular formula is C16H16FN5O. The van der Waals surface area contributed by atoms with Gasteiger partial charge in [-0.05, 0) is 31.2 Å². The molecule has 0 unspecified atom stereocenters. The summed E-state index contributed by atoms with van der Waals surface area (Å²) in [7, 11) is 0. The standard InChI is InChI=1S/C16H16FN5O/c1-11(23)15-6-13(17)2-3-16(15)22-14(4-5-18)10-21-9-12(7-19)8-20/h2-7,9,18-19,21-22H,10H2,1H3/b12-9+,14-4-,18-5?,19-7?. The molecule has 0 amide bonds. The monoisotopic (exact) mass is 313 g/mol. The Kier molecular flexibility index (Phi) is 6.88. The molecule has 0 aromatic heterocycles. The Morgan fingerprint density at radius 2 is 2.17 bits per heavy atom. The first-order chi connectivity index (χ1) is 11.0. The van der Waals surface area contributed by atoms with Crippen LogP contribution >= 0.6 is 0 Å². The van der Waals surface area contributed by atoms with E-state index in [-0.39, 0.29) is 23.5 Å². The van der Waals surface area contributed by atoms with E-state index >= 15 is 0 Å². The third kappa shape index (κ3) is 5.55. The van der Waals surface area contributed by atoms with Gasteiger partial charge in [-0.25, -0.2) is 4.39 Å². The molecule has 1 aromatic rings. The van der Waals surface area contributed by atoms with Crippen LogP contribution in [0.15, 0.2) is 41.7 Å². The molecule has 23 heavy (non-hydrogen) atoms. The number of benzene rings is 1. The zero-order valence-electron chi connectivity index (χ0n) is 12.5. The number of rotatable bonds is 8. The lowest BCUT2D eigenvalue weighted by Crippen LogP contribution is -2.17. The van der Waals surface area contributed by atoms with E-state index in [4.69, 9.17) is 16.1 Å². The van der Waals surface area contributed by atoms with Crippen LogP contribution in [0.3, 0.4) is 0 Å². The average molecular weight is 313 g/mol. The fourth-order valence-electron chi connectivity index (χ4n) is 1.71.